The first-order valence-electron chi connectivity index (χ1n) is 7.90. The predicted octanol–water partition coefficient (Wildman–Crippen LogP) is 2.33. The number of aliphatic hydroxyl groups is 1. The van der Waals surface area contributed by atoms with Gasteiger partial charge in [-0.2, -0.15) is 0 Å². The van der Waals surface area contributed by atoms with Crippen LogP contribution in [0.4, 0.5) is 0 Å². The van der Waals surface area contributed by atoms with Crippen LogP contribution in [0.2, 0.25) is 0 Å². The Labute approximate surface area is 148 Å². The lowest BCUT2D eigenvalue weighted by atomic mass is 10.1. The lowest BCUT2D eigenvalue weighted by Crippen LogP contribution is -2.27. The number of hydrogen-bond acceptors (Lipinski definition) is 5. The van der Waals surface area contributed by atoms with Crippen molar-refractivity contribution in [3.05, 3.63) is 60.0 Å². The molecular formula is C18H16N4O2S. The Bertz CT molecular complexity index is 980. The maximum atomic E-state index is 12.3. The van der Waals surface area contributed by atoms with Crippen LogP contribution >= 0.6 is 11.8 Å². The first-order valence-corrected chi connectivity index (χ1v) is 8.89. The molecule has 0 saturated carbocycles. The number of amidine groups is 1. The number of thioether (sulfide) groups is 1. The first kappa shape index (κ1) is 15.9. The van der Waals surface area contributed by atoms with Gasteiger partial charge in [-0.05, 0) is 34.9 Å². The SMILES string of the molecule is O=C(NC1=NCCS1)c1cn2cc(-c3cccc(CO)c3)ccc2n1. The number of fused-ring (bicyclic) bond motifs is 1. The number of imidazole rings is 1. The molecule has 4 rings (SSSR count). The van der Waals surface area contributed by atoms with Crippen molar-refractivity contribution >= 4 is 28.5 Å². The van der Waals surface area contributed by atoms with Crippen molar-refractivity contribution in [3.8, 4) is 11.1 Å². The summed E-state index contributed by atoms with van der Waals surface area (Å²) >= 11 is 1.54. The minimum Gasteiger partial charge on any atom is -0.392 e. The number of hydrogen-bond donors (Lipinski definition) is 2. The van der Waals surface area contributed by atoms with Crippen molar-refractivity contribution in [2.75, 3.05) is 12.3 Å². The van der Waals surface area contributed by atoms with Gasteiger partial charge in [0.1, 0.15) is 11.3 Å². The summed E-state index contributed by atoms with van der Waals surface area (Å²) in [5.41, 5.74) is 3.91. The Kier molecular flexibility index (Phi) is 4.25. The number of rotatable bonds is 3. The number of aromatic nitrogens is 2. The fourth-order valence-corrected chi connectivity index (χ4v) is 3.42. The normalized spacial score (nSPS) is 13.9. The summed E-state index contributed by atoms with van der Waals surface area (Å²) in [5.74, 6) is 0.650. The molecule has 0 atom stereocenters. The lowest BCUT2D eigenvalue weighted by molar-refractivity contribution is 0.0973. The van der Waals surface area contributed by atoms with Crippen LogP contribution in [0, 0.1) is 0 Å². The molecule has 0 aliphatic carbocycles. The molecule has 126 valence electrons. The van der Waals surface area contributed by atoms with E-state index in [1.165, 1.54) is 11.8 Å². The lowest BCUT2D eigenvalue weighted by Gasteiger charge is -2.04. The molecule has 3 aromatic rings. The van der Waals surface area contributed by atoms with E-state index >= 15 is 0 Å². The summed E-state index contributed by atoms with van der Waals surface area (Å²) in [6.45, 7) is 0.745. The van der Waals surface area contributed by atoms with Gasteiger partial charge in [0.05, 0.1) is 13.2 Å². The first-order chi connectivity index (χ1) is 12.2. The van der Waals surface area contributed by atoms with Gasteiger partial charge in [0.15, 0.2) is 5.17 Å². The zero-order chi connectivity index (χ0) is 17.2. The van der Waals surface area contributed by atoms with Crippen LogP contribution in [-0.2, 0) is 6.61 Å². The summed E-state index contributed by atoms with van der Waals surface area (Å²) in [7, 11) is 0. The summed E-state index contributed by atoms with van der Waals surface area (Å²) in [6, 6.07) is 11.6. The zero-order valence-corrected chi connectivity index (χ0v) is 14.2. The number of amides is 1. The van der Waals surface area contributed by atoms with Gasteiger partial charge in [-0.15, -0.1) is 0 Å². The van der Waals surface area contributed by atoms with Crippen molar-refractivity contribution in [1.82, 2.24) is 14.7 Å². The molecular weight excluding hydrogens is 336 g/mol. The van der Waals surface area contributed by atoms with E-state index in [1.54, 1.807) is 6.20 Å². The quantitative estimate of drug-likeness (QED) is 0.758. The molecule has 1 aliphatic heterocycles. The van der Waals surface area contributed by atoms with Gasteiger partial charge in [0.2, 0.25) is 0 Å². The standard InChI is InChI=1S/C18H16N4O2S/c23-11-12-2-1-3-13(8-12)14-4-5-16-20-15(10-22(16)9-14)17(24)21-18-19-6-7-25-18/h1-5,8-10,23H,6-7,11H2,(H,19,21,24). The zero-order valence-electron chi connectivity index (χ0n) is 13.3. The van der Waals surface area contributed by atoms with Crippen LogP contribution in [0.1, 0.15) is 16.1 Å². The van der Waals surface area contributed by atoms with E-state index in [0.717, 1.165) is 29.0 Å². The molecule has 0 unspecified atom stereocenters. The van der Waals surface area contributed by atoms with Gasteiger partial charge in [-0.3, -0.25) is 15.1 Å². The van der Waals surface area contributed by atoms with Crippen LogP contribution in [0.15, 0.2) is 53.8 Å². The Morgan fingerprint density at radius 2 is 2.16 bits per heavy atom. The van der Waals surface area contributed by atoms with Crippen molar-refractivity contribution in [3.63, 3.8) is 0 Å². The average Bonchev–Trinajstić information content (AvgIpc) is 3.30. The Hall–Kier alpha value is -2.64. The predicted molar refractivity (Wildman–Crippen MR) is 98.8 cm³/mol. The molecule has 3 heterocycles. The van der Waals surface area contributed by atoms with Crippen LogP contribution in [-0.4, -0.2) is 37.9 Å². The average molecular weight is 352 g/mol. The number of aliphatic hydroxyl groups excluding tert-OH is 1. The van der Waals surface area contributed by atoms with Gasteiger partial charge < -0.3 is 9.51 Å². The maximum absolute atomic E-state index is 12.3. The fourth-order valence-electron chi connectivity index (χ4n) is 2.69. The number of pyridine rings is 1. The number of nitrogens with zero attached hydrogens (tertiary/aromatic N) is 3. The number of carbonyl (C=O) groups is 1. The molecule has 0 radical (unpaired) electrons. The van der Waals surface area contributed by atoms with E-state index < -0.39 is 0 Å². The highest BCUT2D eigenvalue weighted by Crippen LogP contribution is 2.21. The van der Waals surface area contributed by atoms with Gasteiger partial charge in [0.25, 0.3) is 5.91 Å². The van der Waals surface area contributed by atoms with E-state index in [4.69, 9.17) is 0 Å². The molecule has 0 fully saturated rings. The van der Waals surface area contributed by atoms with E-state index in [2.05, 4.69) is 15.3 Å². The number of carbonyl (C=O) groups excluding carboxylic acids is 1. The van der Waals surface area contributed by atoms with Gasteiger partial charge in [0, 0.05) is 18.1 Å². The molecule has 2 N–H and O–H groups in total. The number of aliphatic imine (C=N–C) groups is 1. The molecule has 0 spiro atoms. The molecule has 25 heavy (non-hydrogen) atoms. The van der Waals surface area contributed by atoms with Crippen molar-refractivity contribution < 1.29 is 9.90 Å². The highest BCUT2D eigenvalue weighted by atomic mass is 32.2. The molecule has 6 nitrogen and oxygen atoms in total. The van der Waals surface area contributed by atoms with Gasteiger partial charge in [-0.25, -0.2) is 4.98 Å². The summed E-state index contributed by atoms with van der Waals surface area (Å²) in [5, 5.41) is 12.7. The monoisotopic (exact) mass is 352 g/mol. The smallest absolute Gasteiger partial charge is 0.277 e. The Balaban J connectivity index is 1.63. The largest absolute Gasteiger partial charge is 0.392 e. The topological polar surface area (TPSA) is 79.0 Å². The third-order valence-electron chi connectivity index (χ3n) is 3.93. The third kappa shape index (κ3) is 3.29. The van der Waals surface area contributed by atoms with Gasteiger partial charge in [-0.1, -0.05) is 30.0 Å². The van der Waals surface area contributed by atoms with Crippen LogP contribution in [0.3, 0.4) is 0 Å². The Morgan fingerprint density at radius 3 is 2.96 bits per heavy atom. The van der Waals surface area contributed by atoms with Crippen molar-refractivity contribution in [2.24, 2.45) is 4.99 Å². The fraction of sp³-hybridized carbons (Fsp3) is 0.167. The number of benzene rings is 1. The molecule has 1 aromatic carbocycles. The summed E-state index contributed by atoms with van der Waals surface area (Å²) in [6.07, 6.45) is 3.64. The van der Waals surface area contributed by atoms with Crippen molar-refractivity contribution in [1.29, 1.82) is 0 Å². The van der Waals surface area contributed by atoms with E-state index in [-0.39, 0.29) is 12.5 Å². The number of nitrogens with one attached hydrogen (secondary N) is 1. The molecule has 2 aromatic heterocycles. The second kappa shape index (κ2) is 6.70. The van der Waals surface area contributed by atoms with Crippen LogP contribution in [0.25, 0.3) is 16.8 Å². The highest BCUT2D eigenvalue weighted by molar-refractivity contribution is 8.14. The van der Waals surface area contributed by atoms with Gasteiger partial charge >= 0.3 is 0 Å². The van der Waals surface area contributed by atoms with Crippen LogP contribution < -0.4 is 5.32 Å². The molecule has 0 saturated heterocycles. The second-order valence-electron chi connectivity index (χ2n) is 5.66. The third-order valence-corrected chi connectivity index (χ3v) is 4.82. The molecule has 1 aliphatic rings. The van der Waals surface area contributed by atoms with E-state index in [0.29, 0.717) is 16.5 Å². The maximum Gasteiger partial charge on any atom is 0.277 e. The van der Waals surface area contributed by atoms with E-state index in [1.807, 2.05) is 47.0 Å². The van der Waals surface area contributed by atoms with E-state index in [9.17, 15) is 9.90 Å². The van der Waals surface area contributed by atoms with Crippen molar-refractivity contribution in [2.45, 2.75) is 6.61 Å². The Morgan fingerprint density at radius 1 is 1.24 bits per heavy atom. The summed E-state index contributed by atoms with van der Waals surface area (Å²) < 4.78 is 1.83. The summed E-state index contributed by atoms with van der Waals surface area (Å²) in [4.78, 5) is 20.9. The highest BCUT2D eigenvalue weighted by Gasteiger charge is 2.15. The van der Waals surface area contributed by atoms with Crippen LogP contribution in [0.5, 0.6) is 0 Å². The minimum absolute atomic E-state index is 0.00732. The molecule has 0 bridgehead atoms. The molecule has 1 amide bonds. The second-order valence-corrected chi connectivity index (χ2v) is 6.74. The molecule has 7 heteroatoms. The minimum atomic E-state index is -0.249.